The maximum absolute atomic E-state index is 11.1. The first kappa shape index (κ1) is 10.2. The van der Waals surface area contributed by atoms with Crippen molar-refractivity contribution in [3.05, 3.63) is 18.7 Å². The molecule has 75 valence electrons. The second kappa shape index (κ2) is 3.91. The summed E-state index contributed by atoms with van der Waals surface area (Å²) in [5.74, 6) is -0.136. The Kier molecular flexibility index (Phi) is 2.85. The first-order valence-corrected chi connectivity index (χ1v) is 3.93. The Balaban J connectivity index is 2.64. The number of anilines is 1. The van der Waals surface area contributed by atoms with Crippen LogP contribution < -0.4 is 10.6 Å². The van der Waals surface area contributed by atoms with Crippen LogP contribution >= 0.6 is 0 Å². The molecule has 0 bridgehead atoms. The molecule has 0 atom stereocenters. The van der Waals surface area contributed by atoms with Crippen molar-refractivity contribution >= 4 is 17.8 Å². The molecule has 0 saturated carbocycles. The summed E-state index contributed by atoms with van der Waals surface area (Å²) in [6, 6.07) is 1.07. The quantitative estimate of drug-likeness (QED) is 0.672. The monoisotopic (exact) mass is 195 g/mol. The van der Waals surface area contributed by atoms with Gasteiger partial charge in [0, 0.05) is 20.0 Å². The zero-order valence-electron chi connectivity index (χ0n) is 8.00. The van der Waals surface area contributed by atoms with Crippen LogP contribution in [-0.4, -0.2) is 21.7 Å². The van der Waals surface area contributed by atoms with E-state index in [0.717, 1.165) is 5.69 Å². The Morgan fingerprint density at radius 1 is 1.57 bits per heavy atom. The molecule has 1 aromatic rings. The van der Waals surface area contributed by atoms with E-state index in [1.165, 1.54) is 4.68 Å². The highest BCUT2D eigenvalue weighted by Gasteiger charge is 2.07. The SMILES string of the molecule is [CH2]C(=O)NC(=O)Nc1cc(C)nn1C. The highest BCUT2D eigenvalue weighted by Crippen LogP contribution is 2.06. The predicted octanol–water partition coefficient (Wildman–Crippen LogP) is 0.211. The van der Waals surface area contributed by atoms with Crippen LogP contribution in [0.2, 0.25) is 0 Å². The van der Waals surface area contributed by atoms with Gasteiger partial charge < -0.3 is 0 Å². The van der Waals surface area contributed by atoms with Crippen molar-refractivity contribution in [2.45, 2.75) is 6.92 Å². The van der Waals surface area contributed by atoms with E-state index in [0.29, 0.717) is 5.82 Å². The number of hydrogen-bond acceptors (Lipinski definition) is 3. The van der Waals surface area contributed by atoms with Gasteiger partial charge in [0.25, 0.3) is 0 Å². The van der Waals surface area contributed by atoms with Gasteiger partial charge in [-0.25, -0.2) is 4.79 Å². The molecular weight excluding hydrogens is 184 g/mol. The molecule has 0 aliphatic rings. The lowest BCUT2D eigenvalue weighted by Crippen LogP contribution is -2.33. The fraction of sp³-hybridized carbons (Fsp3) is 0.250. The number of amides is 3. The minimum absolute atomic E-state index is 0.515. The number of nitrogens with one attached hydrogen (secondary N) is 2. The third-order valence-corrected chi connectivity index (χ3v) is 1.50. The summed E-state index contributed by atoms with van der Waals surface area (Å²) in [4.78, 5) is 21.5. The van der Waals surface area contributed by atoms with Crippen molar-refractivity contribution < 1.29 is 9.59 Å². The van der Waals surface area contributed by atoms with Gasteiger partial charge in [0.1, 0.15) is 5.82 Å². The number of aryl methyl sites for hydroxylation is 2. The van der Waals surface area contributed by atoms with Gasteiger partial charge >= 0.3 is 6.03 Å². The summed E-state index contributed by atoms with van der Waals surface area (Å²) < 4.78 is 1.50. The Bertz CT molecular complexity index is 369. The van der Waals surface area contributed by atoms with Crippen LogP contribution in [0.3, 0.4) is 0 Å². The smallest absolute Gasteiger partial charge is 0.292 e. The van der Waals surface area contributed by atoms with Crippen molar-refractivity contribution in [1.29, 1.82) is 0 Å². The van der Waals surface area contributed by atoms with E-state index in [-0.39, 0.29) is 0 Å². The molecule has 2 N–H and O–H groups in total. The lowest BCUT2D eigenvalue weighted by Gasteiger charge is -2.03. The summed E-state index contributed by atoms with van der Waals surface area (Å²) in [6.07, 6.45) is 0. The van der Waals surface area contributed by atoms with Crippen molar-refractivity contribution in [3.8, 4) is 0 Å². The molecule has 6 nitrogen and oxygen atoms in total. The molecule has 0 unspecified atom stereocenters. The molecule has 0 aliphatic carbocycles. The molecule has 0 fully saturated rings. The van der Waals surface area contributed by atoms with Crippen LogP contribution in [0, 0.1) is 13.8 Å². The van der Waals surface area contributed by atoms with Crippen LogP contribution in [-0.2, 0) is 11.8 Å². The van der Waals surface area contributed by atoms with Gasteiger partial charge in [-0.05, 0) is 6.92 Å². The zero-order valence-corrected chi connectivity index (χ0v) is 8.00. The molecule has 1 rings (SSSR count). The number of imide groups is 1. The summed E-state index contributed by atoms with van der Waals surface area (Å²) in [5.41, 5.74) is 0.781. The molecule has 1 radical (unpaired) electrons. The van der Waals surface area contributed by atoms with E-state index in [1.54, 1.807) is 20.0 Å². The molecule has 1 heterocycles. The van der Waals surface area contributed by atoms with E-state index in [9.17, 15) is 9.59 Å². The average Bonchev–Trinajstić information content (AvgIpc) is 2.28. The number of aromatic nitrogens is 2. The normalized spacial score (nSPS) is 9.64. The average molecular weight is 195 g/mol. The predicted molar refractivity (Wildman–Crippen MR) is 50.5 cm³/mol. The molecular formula is C8H11N4O2. The van der Waals surface area contributed by atoms with Gasteiger partial charge in [-0.15, -0.1) is 0 Å². The molecule has 0 aromatic carbocycles. The maximum atomic E-state index is 11.1. The third kappa shape index (κ3) is 2.58. The lowest BCUT2D eigenvalue weighted by molar-refractivity contribution is -0.115. The fourth-order valence-electron chi connectivity index (χ4n) is 1.00. The van der Waals surface area contributed by atoms with Crippen LogP contribution in [0.5, 0.6) is 0 Å². The van der Waals surface area contributed by atoms with Crippen molar-refractivity contribution in [3.63, 3.8) is 0 Å². The van der Waals surface area contributed by atoms with Gasteiger partial charge in [-0.3, -0.25) is 20.1 Å². The number of rotatable bonds is 1. The number of urea groups is 1. The number of carbonyl (C=O) groups is 2. The van der Waals surface area contributed by atoms with E-state index in [1.807, 2.05) is 5.32 Å². The van der Waals surface area contributed by atoms with E-state index < -0.39 is 11.9 Å². The molecule has 6 heteroatoms. The molecule has 1 aromatic heterocycles. The van der Waals surface area contributed by atoms with Crippen LogP contribution in [0.1, 0.15) is 5.69 Å². The summed E-state index contributed by atoms with van der Waals surface area (Å²) in [7, 11) is 1.69. The number of nitrogens with zero attached hydrogens (tertiary/aromatic N) is 2. The van der Waals surface area contributed by atoms with Crippen LogP contribution in [0.4, 0.5) is 10.6 Å². The topological polar surface area (TPSA) is 76.0 Å². The van der Waals surface area contributed by atoms with Gasteiger partial charge in [-0.2, -0.15) is 5.10 Å². The molecule has 3 amide bonds. The number of carbonyl (C=O) groups excluding carboxylic acids is 2. The highest BCUT2D eigenvalue weighted by atomic mass is 16.2. The van der Waals surface area contributed by atoms with Crippen molar-refractivity contribution in [1.82, 2.24) is 15.1 Å². The van der Waals surface area contributed by atoms with Crippen LogP contribution in [0.15, 0.2) is 6.07 Å². The minimum Gasteiger partial charge on any atom is -0.292 e. The lowest BCUT2D eigenvalue weighted by atomic mass is 10.5. The molecule has 0 spiro atoms. The van der Waals surface area contributed by atoms with Gasteiger partial charge in [-0.1, -0.05) is 0 Å². The first-order chi connectivity index (χ1) is 6.49. The second-order valence-corrected chi connectivity index (χ2v) is 2.80. The van der Waals surface area contributed by atoms with Gasteiger partial charge in [0.2, 0.25) is 5.91 Å². The van der Waals surface area contributed by atoms with Gasteiger partial charge in [0.05, 0.1) is 5.69 Å². The largest absolute Gasteiger partial charge is 0.327 e. The third-order valence-electron chi connectivity index (χ3n) is 1.50. The van der Waals surface area contributed by atoms with E-state index >= 15 is 0 Å². The van der Waals surface area contributed by atoms with Crippen LogP contribution in [0.25, 0.3) is 0 Å². The zero-order chi connectivity index (χ0) is 10.7. The van der Waals surface area contributed by atoms with Crippen molar-refractivity contribution in [2.75, 3.05) is 5.32 Å². The van der Waals surface area contributed by atoms with Crippen molar-refractivity contribution in [2.24, 2.45) is 7.05 Å². The Morgan fingerprint density at radius 2 is 2.21 bits per heavy atom. The summed E-state index contributed by atoms with van der Waals surface area (Å²) in [6.45, 7) is 4.82. The van der Waals surface area contributed by atoms with Gasteiger partial charge in [0.15, 0.2) is 0 Å². The summed E-state index contributed by atoms with van der Waals surface area (Å²) >= 11 is 0. The molecule has 14 heavy (non-hydrogen) atoms. The Hall–Kier alpha value is -1.85. The van der Waals surface area contributed by atoms with E-state index in [2.05, 4.69) is 17.3 Å². The van der Waals surface area contributed by atoms with E-state index in [4.69, 9.17) is 0 Å². The molecule has 0 aliphatic heterocycles. The fourth-order valence-corrected chi connectivity index (χ4v) is 1.00. The maximum Gasteiger partial charge on any atom is 0.327 e. The second-order valence-electron chi connectivity index (χ2n) is 2.80. The molecule has 0 saturated heterocycles. The summed E-state index contributed by atoms with van der Waals surface area (Å²) in [5, 5.41) is 8.46. The standard InChI is InChI=1S/C8H11N4O2/c1-5-4-7(12(3)11-5)10-8(14)9-6(2)13/h4H,2H2,1,3H3,(H2,9,10,13,14). The Morgan fingerprint density at radius 3 is 2.64 bits per heavy atom. The first-order valence-electron chi connectivity index (χ1n) is 3.93. The highest BCUT2D eigenvalue weighted by molar-refractivity contribution is 6.02. The number of hydrogen-bond donors (Lipinski definition) is 2. The Labute approximate surface area is 81.3 Å². The minimum atomic E-state index is -0.651.